The molecular formula is C13H10BrN5. The molecular weight excluding hydrogens is 306 g/mol. The molecule has 0 saturated carbocycles. The fraction of sp³-hybridized carbons (Fsp3) is 0. The van der Waals surface area contributed by atoms with E-state index < -0.39 is 0 Å². The van der Waals surface area contributed by atoms with Crippen LogP contribution in [0.1, 0.15) is 0 Å². The van der Waals surface area contributed by atoms with Crippen LogP contribution < -0.4 is 5.73 Å². The number of nitrogens with zero attached hydrogens (tertiary/aromatic N) is 3. The average molecular weight is 316 g/mol. The zero-order chi connectivity index (χ0) is 13.2. The van der Waals surface area contributed by atoms with Crippen LogP contribution in [0.25, 0.3) is 22.8 Å². The molecule has 3 aromatic rings. The zero-order valence-electron chi connectivity index (χ0n) is 9.84. The third-order valence-electron chi connectivity index (χ3n) is 2.66. The largest absolute Gasteiger partial charge is 0.383 e. The highest BCUT2D eigenvalue weighted by Crippen LogP contribution is 2.26. The van der Waals surface area contributed by atoms with Crippen molar-refractivity contribution in [3.63, 3.8) is 0 Å². The van der Waals surface area contributed by atoms with Crippen LogP contribution in [0.15, 0.2) is 47.3 Å². The second-order valence-corrected chi connectivity index (χ2v) is 4.86. The summed E-state index contributed by atoms with van der Waals surface area (Å²) in [5.41, 5.74) is 8.30. The van der Waals surface area contributed by atoms with E-state index in [-0.39, 0.29) is 0 Å². The molecule has 3 heterocycles. The first-order chi connectivity index (χ1) is 9.24. The molecule has 3 rings (SSSR count). The predicted molar refractivity (Wildman–Crippen MR) is 77.2 cm³/mol. The quantitative estimate of drug-likeness (QED) is 0.762. The highest BCUT2D eigenvalue weighted by Gasteiger charge is 2.10. The maximum atomic E-state index is 5.86. The van der Waals surface area contributed by atoms with Gasteiger partial charge in [-0.25, -0.2) is 9.97 Å². The Morgan fingerprint density at radius 2 is 2.00 bits per heavy atom. The smallest absolute Gasteiger partial charge is 0.141 e. The summed E-state index contributed by atoms with van der Waals surface area (Å²) < 4.78 is 0.854. The van der Waals surface area contributed by atoms with Gasteiger partial charge in [0.1, 0.15) is 11.6 Å². The SMILES string of the molecule is Nc1ncc(Br)cc1-c1ncc(-c2ccccn2)[nH]1. The lowest BCUT2D eigenvalue weighted by Crippen LogP contribution is -1.95. The van der Waals surface area contributed by atoms with Gasteiger partial charge in [-0.1, -0.05) is 6.07 Å². The molecule has 94 valence electrons. The molecule has 6 heteroatoms. The Hall–Kier alpha value is -2.21. The van der Waals surface area contributed by atoms with Gasteiger partial charge in [0.25, 0.3) is 0 Å². The number of aromatic amines is 1. The van der Waals surface area contributed by atoms with Crippen molar-refractivity contribution in [3.05, 3.63) is 47.3 Å². The lowest BCUT2D eigenvalue weighted by Gasteiger charge is -2.02. The van der Waals surface area contributed by atoms with Crippen LogP contribution in [-0.4, -0.2) is 19.9 Å². The predicted octanol–water partition coefficient (Wildman–Crippen LogP) is 2.88. The summed E-state index contributed by atoms with van der Waals surface area (Å²) in [5.74, 6) is 1.11. The minimum Gasteiger partial charge on any atom is -0.383 e. The van der Waals surface area contributed by atoms with E-state index in [0.717, 1.165) is 21.4 Å². The summed E-state index contributed by atoms with van der Waals surface area (Å²) in [5, 5.41) is 0. The summed E-state index contributed by atoms with van der Waals surface area (Å²) >= 11 is 3.37. The third kappa shape index (κ3) is 2.34. The van der Waals surface area contributed by atoms with Crippen LogP contribution in [0.4, 0.5) is 5.82 Å². The maximum Gasteiger partial charge on any atom is 0.141 e. The zero-order valence-corrected chi connectivity index (χ0v) is 11.4. The Bertz CT molecular complexity index is 708. The Morgan fingerprint density at radius 1 is 1.11 bits per heavy atom. The van der Waals surface area contributed by atoms with Gasteiger partial charge in [0, 0.05) is 16.9 Å². The number of imidazole rings is 1. The Morgan fingerprint density at radius 3 is 2.79 bits per heavy atom. The number of nitrogens with two attached hydrogens (primary N) is 1. The van der Waals surface area contributed by atoms with Crippen LogP contribution >= 0.6 is 15.9 Å². The van der Waals surface area contributed by atoms with Crippen LogP contribution in [0.5, 0.6) is 0 Å². The Balaban J connectivity index is 2.04. The molecule has 0 fully saturated rings. The number of pyridine rings is 2. The molecule has 0 bridgehead atoms. The van der Waals surface area contributed by atoms with Crippen molar-refractivity contribution in [2.24, 2.45) is 0 Å². The van der Waals surface area contributed by atoms with E-state index in [9.17, 15) is 0 Å². The van der Waals surface area contributed by atoms with Crippen molar-refractivity contribution < 1.29 is 0 Å². The minimum atomic E-state index is 0.435. The molecule has 0 spiro atoms. The standard InChI is InChI=1S/C13H10BrN5/c14-8-5-9(12(15)17-6-8)13-18-7-11(19-13)10-3-1-2-4-16-10/h1-7H,(H2,15,17)(H,18,19). The average Bonchev–Trinajstić information content (AvgIpc) is 2.92. The summed E-state index contributed by atoms with van der Waals surface area (Å²) in [7, 11) is 0. The summed E-state index contributed by atoms with van der Waals surface area (Å²) in [6, 6.07) is 7.60. The number of anilines is 1. The molecule has 3 aromatic heterocycles. The van der Waals surface area contributed by atoms with Gasteiger partial charge in [0.2, 0.25) is 0 Å². The van der Waals surface area contributed by atoms with Crippen LogP contribution in [0.2, 0.25) is 0 Å². The molecule has 0 aliphatic carbocycles. The number of hydrogen-bond donors (Lipinski definition) is 2. The third-order valence-corrected chi connectivity index (χ3v) is 3.09. The van der Waals surface area contributed by atoms with Gasteiger partial charge in [-0.3, -0.25) is 4.98 Å². The van der Waals surface area contributed by atoms with Crippen molar-refractivity contribution in [2.75, 3.05) is 5.73 Å². The Kier molecular flexibility index (Phi) is 3.00. The van der Waals surface area contributed by atoms with Crippen LogP contribution in [0.3, 0.4) is 0 Å². The monoisotopic (exact) mass is 315 g/mol. The molecule has 19 heavy (non-hydrogen) atoms. The number of nitrogens with one attached hydrogen (secondary N) is 1. The first-order valence-corrected chi connectivity index (χ1v) is 6.41. The highest BCUT2D eigenvalue weighted by atomic mass is 79.9. The van der Waals surface area contributed by atoms with Crippen LogP contribution in [-0.2, 0) is 0 Å². The topological polar surface area (TPSA) is 80.5 Å². The van der Waals surface area contributed by atoms with Gasteiger partial charge in [-0.2, -0.15) is 0 Å². The second kappa shape index (κ2) is 4.81. The molecule has 0 atom stereocenters. The van der Waals surface area contributed by atoms with E-state index in [2.05, 4.69) is 35.9 Å². The van der Waals surface area contributed by atoms with Gasteiger partial charge in [-0.05, 0) is 34.1 Å². The van der Waals surface area contributed by atoms with E-state index >= 15 is 0 Å². The number of hydrogen-bond acceptors (Lipinski definition) is 4. The summed E-state index contributed by atoms with van der Waals surface area (Å²) in [6.07, 6.45) is 5.13. The van der Waals surface area contributed by atoms with Crippen LogP contribution in [0, 0.1) is 0 Å². The van der Waals surface area contributed by atoms with Gasteiger partial charge in [0.05, 0.1) is 23.1 Å². The van der Waals surface area contributed by atoms with Gasteiger partial charge in [-0.15, -0.1) is 0 Å². The number of aromatic nitrogens is 4. The van der Waals surface area contributed by atoms with Gasteiger partial charge in [0.15, 0.2) is 0 Å². The fourth-order valence-electron chi connectivity index (χ4n) is 1.75. The molecule has 0 aliphatic heterocycles. The molecule has 3 N–H and O–H groups in total. The minimum absolute atomic E-state index is 0.435. The number of halogens is 1. The van der Waals surface area contributed by atoms with E-state index in [1.54, 1.807) is 18.6 Å². The molecule has 0 saturated heterocycles. The molecule has 0 radical (unpaired) electrons. The molecule has 0 unspecified atom stereocenters. The molecule has 0 amide bonds. The van der Waals surface area contributed by atoms with E-state index in [1.807, 2.05) is 24.3 Å². The summed E-state index contributed by atoms with van der Waals surface area (Å²) in [6.45, 7) is 0. The highest BCUT2D eigenvalue weighted by molar-refractivity contribution is 9.10. The van der Waals surface area contributed by atoms with E-state index in [1.165, 1.54) is 0 Å². The molecule has 0 aromatic carbocycles. The first-order valence-electron chi connectivity index (χ1n) is 5.62. The second-order valence-electron chi connectivity index (χ2n) is 3.95. The lowest BCUT2D eigenvalue weighted by molar-refractivity contribution is 1.25. The lowest BCUT2D eigenvalue weighted by atomic mass is 10.2. The Labute approximate surface area is 118 Å². The normalized spacial score (nSPS) is 10.6. The van der Waals surface area contributed by atoms with Crippen molar-refractivity contribution in [1.29, 1.82) is 0 Å². The fourth-order valence-corrected chi connectivity index (χ4v) is 2.08. The van der Waals surface area contributed by atoms with Crippen molar-refractivity contribution in [2.45, 2.75) is 0 Å². The number of rotatable bonds is 2. The summed E-state index contributed by atoms with van der Waals surface area (Å²) in [4.78, 5) is 15.9. The molecule has 5 nitrogen and oxygen atoms in total. The van der Waals surface area contributed by atoms with Gasteiger partial charge < -0.3 is 10.7 Å². The van der Waals surface area contributed by atoms with E-state index in [4.69, 9.17) is 5.73 Å². The van der Waals surface area contributed by atoms with Gasteiger partial charge >= 0.3 is 0 Å². The first kappa shape index (κ1) is 11.9. The van der Waals surface area contributed by atoms with Crippen molar-refractivity contribution >= 4 is 21.7 Å². The van der Waals surface area contributed by atoms with E-state index in [0.29, 0.717) is 11.6 Å². The molecule has 0 aliphatic rings. The van der Waals surface area contributed by atoms with Crippen molar-refractivity contribution in [1.82, 2.24) is 19.9 Å². The maximum absolute atomic E-state index is 5.86. The number of H-pyrrole nitrogens is 1. The number of nitrogen functional groups attached to an aromatic ring is 1. The van der Waals surface area contributed by atoms with Crippen molar-refractivity contribution in [3.8, 4) is 22.8 Å².